The Morgan fingerprint density at radius 2 is 1.96 bits per heavy atom. The smallest absolute Gasteiger partial charge is 0.317 e. The van der Waals surface area contributed by atoms with Crippen LogP contribution in [-0.2, 0) is 24.2 Å². The first-order valence-electron chi connectivity index (χ1n) is 8.73. The Balaban J connectivity index is 1.85. The highest BCUT2D eigenvalue weighted by Gasteiger charge is 2.36. The van der Waals surface area contributed by atoms with Gasteiger partial charge >= 0.3 is 5.97 Å². The van der Waals surface area contributed by atoms with Gasteiger partial charge in [-0.2, -0.15) is 0 Å². The predicted molar refractivity (Wildman–Crippen MR) is 104 cm³/mol. The molecule has 2 atom stereocenters. The van der Waals surface area contributed by atoms with Gasteiger partial charge in [0.1, 0.15) is 5.75 Å². The second-order valence-corrected chi connectivity index (χ2v) is 9.55. The first-order valence-corrected chi connectivity index (χ1v) is 11.5. The molecule has 9 heteroatoms. The van der Waals surface area contributed by atoms with E-state index < -0.39 is 21.9 Å². The molecule has 2 rings (SSSR count). The minimum Gasteiger partial charge on any atom is -0.497 e. The van der Waals surface area contributed by atoms with Crippen LogP contribution in [0, 0.1) is 0 Å². The van der Waals surface area contributed by atoms with Gasteiger partial charge in [0.05, 0.1) is 24.4 Å². The molecule has 0 aliphatic carbocycles. The molecule has 0 saturated carbocycles. The van der Waals surface area contributed by atoms with Crippen LogP contribution in [0.2, 0.25) is 0 Å². The SMILES string of the molecule is CCN(C(=O)[C@H](C)OC(=O)CSc1ccc(OC)cc1)[C@H]1CCS(=O)(=O)C1. The molecule has 0 N–H and O–H groups in total. The van der Waals surface area contributed by atoms with E-state index in [-0.39, 0.29) is 29.2 Å². The number of carbonyl (C=O) groups excluding carboxylic acids is 2. The Morgan fingerprint density at radius 3 is 2.48 bits per heavy atom. The number of thioether (sulfide) groups is 1. The summed E-state index contributed by atoms with van der Waals surface area (Å²) in [6.07, 6.45) is -0.521. The van der Waals surface area contributed by atoms with Gasteiger partial charge in [-0.1, -0.05) is 0 Å². The van der Waals surface area contributed by atoms with E-state index in [0.29, 0.717) is 13.0 Å². The Bertz CT molecular complexity index is 763. The molecule has 1 aliphatic rings. The van der Waals surface area contributed by atoms with Crippen molar-refractivity contribution in [2.75, 3.05) is 30.9 Å². The molecular formula is C18H25NO6S2. The number of amides is 1. The topological polar surface area (TPSA) is 90.0 Å². The van der Waals surface area contributed by atoms with Gasteiger partial charge in [0, 0.05) is 17.5 Å². The largest absolute Gasteiger partial charge is 0.497 e. The summed E-state index contributed by atoms with van der Waals surface area (Å²) in [5.41, 5.74) is 0. The number of sulfone groups is 1. The highest BCUT2D eigenvalue weighted by Crippen LogP contribution is 2.22. The second kappa shape index (κ2) is 9.45. The van der Waals surface area contributed by atoms with Crippen LogP contribution in [0.4, 0.5) is 0 Å². The van der Waals surface area contributed by atoms with Gasteiger partial charge in [0.2, 0.25) is 0 Å². The summed E-state index contributed by atoms with van der Waals surface area (Å²) in [5, 5.41) is 0. The lowest BCUT2D eigenvalue weighted by atomic mass is 10.2. The van der Waals surface area contributed by atoms with Gasteiger partial charge < -0.3 is 14.4 Å². The number of esters is 1. The molecule has 1 saturated heterocycles. The molecule has 1 fully saturated rings. The van der Waals surface area contributed by atoms with E-state index in [9.17, 15) is 18.0 Å². The summed E-state index contributed by atoms with van der Waals surface area (Å²) < 4.78 is 33.6. The van der Waals surface area contributed by atoms with Crippen molar-refractivity contribution in [1.29, 1.82) is 0 Å². The second-order valence-electron chi connectivity index (χ2n) is 6.28. The number of hydrogen-bond donors (Lipinski definition) is 0. The molecule has 1 aromatic carbocycles. The third kappa shape index (κ3) is 6.14. The first kappa shape index (κ1) is 21.6. The van der Waals surface area contributed by atoms with E-state index in [1.165, 1.54) is 23.6 Å². The summed E-state index contributed by atoms with van der Waals surface area (Å²) >= 11 is 1.31. The summed E-state index contributed by atoms with van der Waals surface area (Å²) in [5.74, 6) is 0.0200. The molecule has 27 heavy (non-hydrogen) atoms. The summed E-state index contributed by atoms with van der Waals surface area (Å²) in [7, 11) is -1.51. The van der Waals surface area contributed by atoms with Crippen molar-refractivity contribution in [1.82, 2.24) is 4.90 Å². The van der Waals surface area contributed by atoms with Crippen LogP contribution in [0.1, 0.15) is 20.3 Å². The lowest BCUT2D eigenvalue weighted by molar-refractivity contribution is -0.157. The third-order valence-electron chi connectivity index (χ3n) is 4.35. The molecule has 0 bridgehead atoms. The van der Waals surface area contributed by atoms with Crippen molar-refractivity contribution in [3.63, 3.8) is 0 Å². The van der Waals surface area contributed by atoms with Crippen LogP contribution in [-0.4, -0.2) is 68.3 Å². The van der Waals surface area contributed by atoms with Gasteiger partial charge in [-0.05, 0) is 44.5 Å². The van der Waals surface area contributed by atoms with Crippen LogP contribution in [0.15, 0.2) is 29.2 Å². The molecule has 1 heterocycles. The predicted octanol–water partition coefficient (Wildman–Crippen LogP) is 1.75. The number of hydrogen-bond acceptors (Lipinski definition) is 7. The zero-order valence-corrected chi connectivity index (χ0v) is 17.3. The summed E-state index contributed by atoms with van der Waals surface area (Å²) in [4.78, 5) is 27.0. The number of benzene rings is 1. The number of methoxy groups -OCH3 is 1. The molecule has 0 spiro atoms. The van der Waals surface area contributed by atoms with Crippen LogP contribution in [0.3, 0.4) is 0 Å². The summed E-state index contributed by atoms with van der Waals surface area (Å²) in [6, 6.07) is 6.93. The van der Waals surface area contributed by atoms with E-state index >= 15 is 0 Å². The van der Waals surface area contributed by atoms with Crippen LogP contribution >= 0.6 is 11.8 Å². The fourth-order valence-corrected chi connectivity index (χ4v) is 5.36. The first-order chi connectivity index (χ1) is 12.8. The number of carbonyl (C=O) groups is 2. The normalized spacial score (nSPS) is 19.3. The number of likely N-dealkylation sites (N-methyl/N-ethyl adjacent to an activating group) is 1. The Kier molecular flexibility index (Phi) is 7.55. The fourth-order valence-electron chi connectivity index (χ4n) is 2.94. The lowest BCUT2D eigenvalue weighted by Gasteiger charge is -2.29. The fraction of sp³-hybridized carbons (Fsp3) is 0.556. The number of ether oxygens (including phenoxy) is 2. The van der Waals surface area contributed by atoms with Crippen LogP contribution < -0.4 is 4.74 Å². The van der Waals surface area contributed by atoms with Crippen molar-refractivity contribution < 1.29 is 27.5 Å². The summed E-state index contributed by atoms with van der Waals surface area (Å²) in [6.45, 7) is 3.68. The maximum absolute atomic E-state index is 12.6. The third-order valence-corrected chi connectivity index (χ3v) is 7.08. The van der Waals surface area contributed by atoms with Crippen molar-refractivity contribution in [2.24, 2.45) is 0 Å². The van der Waals surface area contributed by atoms with E-state index in [4.69, 9.17) is 9.47 Å². The number of nitrogens with zero attached hydrogens (tertiary/aromatic N) is 1. The minimum atomic E-state index is -3.09. The Morgan fingerprint density at radius 1 is 1.30 bits per heavy atom. The maximum atomic E-state index is 12.6. The standard InChI is InChI=1S/C18H25NO6S2/c1-4-19(14-9-10-27(22,23)12-14)18(21)13(2)25-17(20)11-26-16-7-5-15(24-3)6-8-16/h5-8,13-14H,4,9-12H2,1-3H3/t13-,14-/m0/s1. The van der Waals surface area contributed by atoms with E-state index in [2.05, 4.69) is 0 Å². The van der Waals surface area contributed by atoms with E-state index in [1.807, 2.05) is 12.1 Å². The maximum Gasteiger partial charge on any atom is 0.317 e. The lowest BCUT2D eigenvalue weighted by Crippen LogP contribution is -2.46. The molecule has 150 valence electrons. The Labute approximate surface area is 164 Å². The minimum absolute atomic E-state index is 0.0272. The van der Waals surface area contributed by atoms with Crippen LogP contribution in [0.25, 0.3) is 0 Å². The van der Waals surface area contributed by atoms with Gasteiger partial charge in [0.25, 0.3) is 5.91 Å². The van der Waals surface area contributed by atoms with Gasteiger partial charge in [-0.15, -0.1) is 11.8 Å². The molecule has 0 unspecified atom stereocenters. The van der Waals surface area contributed by atoms with Crippen LogP contribution in [0.5, 0.6) is 5.75 Å². The van der Waals surface area contributed by atoms with Crippen molar-refractivity contribution in [2.45, 2.75) is 37.3 Å². The van der Waals surface area contributed by atoms with Gasteiger partial charge in [-0.25, -0.2) is 8.42 Å². The van der Waals surface area contributed by atoms with Crippen molar-refractivity contribution in [3.8, 4) is 5.75 Å². The molecule has 1 amide bonds. The molecule has 0 radical (unpaired) electrons. The molecular weight excluding hydrogens is 390 g/mol. The molecule has 1 aliphatic heterocycles. The highest BCUT2D eigenvalue weighted by molar-refractivity contribution is 8.00. The quantitative estimate of drug-likeness (QED) is 0.472. The molecule has 1 aromatic rings. The average Bonchev–Trinajstić information content (AvgIpc) is 3.00. The van der Waals surface area contributed by atoms with Gasteiger partial charge in [0.15, 0.2) is 15.9 Å². The number of rotatable bonds is 8. The van der Waals surface area contributed by atoms with E-state index in [0.717, 1.165) is 10.6 Å². The van der Waals surface area contributed by atoms with Crippen molar-refractivity contribution in [3.05, 3.63) is 24.3 Å². The van der Waals surface area contributed by atoms with Crippen molar-refractivity contribution >= 4 is 33.5 Å². The molecule has 7 nitrogen and oxygen atoms in total. The molecule has 0 aromatic heterocycles. The average molecular weight is 416 g/mol. The monoisotopic (exact) mass is 415 g/mol. The zero-order chi connectivity index (χ0) is 20.0. The highest BCUT2D eigenvalue weighted by atomic mass is 32.2. The van der Waals surface area contributed by atoms with Gasteiger partial charge in [-0.3, -0.25) is 9.59 Å². The van der Waals surface area contributed by atoms with E-state index in [1.54, 1.807) is 26.2 Å². The Hall–Kier alpha value is -1.74. The zero-order valence-electron chi connectivity index (χ0n) is 15.7.